The zero-order valence-corrected chi connectivity index (χ0v) is 9.40. The van der Waals surface area contributed by atoms with E-state index in [1.807, 2.05) is 18.2 Å². The third kappa shape index (κ3) is 2.02. The normalized spacial score (nSPS) is 23.4. The van der Waals surface area contributed by atoms with E-state index in [2.05, 4.69) is 12.2 Å². The minimum Gasteiger partial charge on any atom is -0.497 e. The SMILES string of the molecule is COc1ccc2c(c1)CC(C)NC2OC=O. The monoisotopic (exact) mass is 221 g/mol. The van der Waals surface area contributed by atoms with E-state index < -0.39 is 0 Å². The van der Waals surface area contributed by atoms with Crippen molar-refractivity contribution in [3.8, 4) is 5.75 Å². The minimum atomic E-state index is -0.345. The van der Waals surface area contributed by atoms with Crippen LogP contribution in [0.15, 0.2) is 18.2 Å². The number of hydrogen-bond donors (Lipinski definition) is 1. The summed E-state index contributed by atoms with van der Waals surface area (Å²) in [5.41, 5.74) is 2.17. The van der Waals surface area contributed by atoms with Gasteiger partial charge in [-0.25, -0.2) is 0 Å². The van der Waals surface area contributed by atoms with E-state index in [0.717, 1.165) is 23.3 Å². The zero-order valence-electron chi connectivity index (χ0n) is 9.40. The van der Waals surface area contributed by atoms with Crippen molar-refractivity contribution in [2.24, 2.45) is 0 Å². The molecule has 0 aromatic heterocycles. The van der Waals surface area contributed by atoms with Crippen LogP contribution in [0.1, 0.15) is 24.3 Å². The Morgan fingerprint density at radius 2 is 2.31 bits per heavy atom. The molecule has 1 aromatic rings. The Morgan fingerprint density at radius 3 is 3.00 bits per heavy atom. The summed E-state index contributed by atoms with van der Waals surface area (Å²) in [6, 6.07) is 6.08. The van der Waals surface area contributed by atoms with E-state index in [1.54, 1.807) is 7.11 Å². The van der Waals surface area contributed by atoms with Gasteiger partial charge in [0.1, 0.15) is 5.75 Å². The fourth-order valence-corrected chi connectivity index (χ4v) is 2.05. The quantitative estimate of drug-likeness (QED) is 0.784. The minimum absolute atomic E-state index is 0.282. The number of methoxy groups -OCH3 is 1. The molecule has 2 unspecified atom stereocenters. The topological polar surface area (TPSA) is 47.6 Å². The third-order valence-corrected chi connectivity index (χ3v) is 2.79. The maximum atomic E-state index is 10.4. The van der Waals surface area contributed by atoms with Gasteiger partial charge in [0.25, 0.3) is 6.47 Å². The van der Waals surface area contributed by atoms with Gasteiger partial charge in [0.15, 0.2) is 6.23 Å². The highest BCUT2D eigenvalue weighted by Crippen LogP contribution is 2.28. The van der Waals surface area contributed by atoms with Gasteiger partial charge in [-0.05, 0) is 37.1 Å². The zero-order chi connectivity index (χ0) is 11.5. The van der Waals surface area contributed by atoms with E-state index in [0.29, 0.717) is 6.47 Å². The second-order valence-corrected chi connectivity index (χ2v) is 3.95. The molecule has 1 aliphatic heterocycles. The fraction of sp³-hybridized carbons (Fsp3) is 0.417. The summed E-state index contributed by atoms with van der Waals surface area (Å²) < 4.78 is 10.2. The van der Waals surface area contributed by atoms with Crippen LogP contribution < -0.4 is 10.1 Å². The summed E-state index contributed by atoms with van der Waals surface area (Å²) in [6.45, 7) is 2.54. The Morgan fingerprint density at radius 1 is 1.50 bits per heavy atom. The molecule has 2 rings (SSSR count). The Balaban J connectivity index is 2.35. The van der Waals surface area contributed by atoms with Crippen molar-refractivity contribution in [1.29, 1.82) is 0 Å². The van der Waals surface area contributed by atoms with Gasteiger partial charge in [0.05, 0.1) is 7.11 Å². The Hall–Kier alpha value is -1.55. The Kier molecular flexibility index (Phi) is 3.10. The van der Waals surface area contributed by atoms with Gasteiger partial charge in [0.2, 0.25) is 0 Å². The summed E-state index contributed by atoms with van der Waals surface area (Å²) in [6.07, 6.45) is 0.563. The first-order valence-electron chi connectivity index (χ1n) is 5.26. The highest BCUT2D eigenvalue weighted by molar-refractivity contribution is 5.43. The van der Waals surface area contributed by atoms with Crippen molar-refractivity contribution in [3.63, 3.8) is 0 Å². The number of fused-ring (bicyclic) bond motifs is 1. The molecule has 0 amide bonds. The fourth-order valence-electron chi connectivity index (χ4n) is 2.05. The molecule has 1 aliphatic rings. The van der Waals surface area contributed by atoms with Gasteiger partial charge < -0.3 is 9.47 Å². The van der Waals surface area contributed by atoms with Crippen LogP contribution in [0.5, 0.6) is 5.75 Å². The molecule has 0 radical (unpaired) electrons. The van der Waals surface area contributed by atoms with Gasteiger partial charge >= 0.3 is 0 Å². The molecule has 2 atom stereocenters. The third-order valence-electron chi connectivity index (χ3n) is 2.79. The molecule has 0 saturated carbocycles. The van der Waals surface area contributed by atoms with Crippen molar-refractivity contribution in [2.75, 3.05) is 7.11 Å². The average molecular weight is 221 g/mol. The van der Waals surface area contributed by atoms with Crippen molar-refractivity contribution < 1.29 is 14.3 Å². The molecule has 1 heterocycles. The number of carbonyl (C=O) groups is 1. The lowest BCUT2D eigenvalue weighted by atomic mass is 9.95. The van der Waals surface area contributed by atoms with E-state index in [1.165, 1.54) is 0 Å². The summed E-state index contributed by atoms with van der Waals surface area (Å²) in [5.74, 6) is 0.831. The predicted octanol–water partition coefficient (Wildman–Crippen LogP) is 1.40. The average Bonchev–Trinajstić information content (AvgIpc) is 2.28. The van der Waals surface area contributed by atoms with Crippen LogP contribution in [0.25, 0.3) is 0 Å². The number of hydrogen-bond acceptors (Lipinski definition) is 4. The molecular formula is C12H15NO3. The highest BCUT2D eigenvalue weighted by atomic mass is 16.5. The predicted molar refractivity (Wildman–Crippen MR) is 59.2 cm³/mol. The first-order valence-corrected chi connectivity index (χ1v) is 5.26. The molecule has 0 saturated heterocycles. The van der Waals surface area contributed by atoms with E-state index in [9.17, 15) is 4.79 Å². The molecule has 86 valence electrons. The van der Waals surface area contributed by atoms with Crippen LogP contribution in [0.4, 0.5) is 0 Å². The number of carbonyl (C=O) groups excluding carboxylic acids is 1. The van der Waals surface area contributed by atoms with Gasteiger partial charge in [-0.15, -0.1) is 0 Å². The molecule has 4 heteroatoms. The van der Waals surface area contributed by atoms with Gasteiger partial charge in [-0.2, -0.15) is 0 Å². The first kappa shape index (κ1) is 11.0. The Bertz CT molecular complexity index is 392. The number of rotatable bonds is 3. The number of nitrogens with one attached hydrogen (secondary N) is 1. The van der Waals surface area contributed by atoms with Gasteiger partial charge in [-0.3, -0.25) is 10.1 Å². The van der Waals surface area contributed by atoms with Crippen LogP contribution in [0, 0.1) is 0 Å². The van der Waals surface area contributed by atoms with Crippen LogP contribution in [0.2, 0.25) is 0 Å². The molecular weight excluding hydrogens is 206 g/mol. The summed E-state index contributed by atoms with van der Waals surface area (Å²) in [5, 5.41) is 3.22. The van der Waals surface area contributed by atoms with Crippen LogP contribution >= 0.6 is 0 Å². The molecule has 1 N–H and O–H groups in total. The van der Waals surface area contributed by atoms with Crippen LogP contribution in [-0.2, 0) is 16.0 Å². The van der Waals surface area contributed by atoms with Crippen molar-refractivity contribution in [2.45, 2.75) is 25.6 Å². The molecule has 0 spiro atoms. The summed E-state index contributed by atoms with van der Waals surface area (Å²) >= 11 is 0. The molecule has 0 fully saturated rings. The van der Waals surface area contributed by atoms with E-state index >= 15 is 0 Å². The smallest absolute Gasteiger partial charge is 0.294 e. The van der Waals surface area contributed by atoms with Crippen molar-refractivity contribution in [1.82, 2.24) is 5.32 Å². The standard InChI is InChI=1S/C12H15NO3/c1-8-5-9-6-10(15-2)3-4-11(9)12(13-8)16-7-14/h3-4,6-8,12-13H,5H2,1-2H3. The summed E-state index contributed by atoms with van der Waals surface area (Å²) in [7, 11) is 1.64. The lowest BCUT2D eigenvalue weighted by Crippen LogP contribution is -2.38. The van der Waals surface area contributed by atoms with Crippen molar-refractivity contribution in [3.05, 3.63) is 29.3 Å². The first-order chi connectivity index (χ1) is 7.74. The Labute approximate surface area is 94.6 Å². The lowest BCUT2D eigenvalue weighted by molar-refractivity contribution is -0.136. The van der Waals surface area contributed by atoms with Crippen LogP contribution in [0.3, 0.4) is 0 Å². The van der Waals surface area contributed by atoms with Gasteiger partial charge in [-0.1, -0.05) is 0 Å². The largest absolute Gasteiger partial charge is 0.497 e. The van der Waals surface area contributed by atoms with Gasteiger partial charge in [0, 0.05) is 11.6 Å². The maximum absolute atomic E-state index is 10.4. The molecule has 1 aromatic carbocycles. The maximum Gasteiger partial charge on any atom is 0.294 e. The number of ether oxygens (including phenoxy) is 2. The second kappa shape index (κ2) is 4.53. The molecule has 0 aliphatic carbocycles. The highest BCUT2D eigenvalue weighted by Gasteiger charge is 2.24. The van der Waals surface area contributed by atoms with Crippen molar-refractivity contribution >= 4 is 6.47 Å². The second-order valence-electron chi connectivity index (χ2n) is 3.95. The molecule has 16 heavy (non-hydrogen) atoms. The number of benzene rings is 1. The molecule has 4 nitrogen and oxygen atoms in total. The molecule has 0 bridgehead atoms. The summed E-state index contributed by atoms with van der Waals surface area (Å²) in [4.78, 5) is 10.4. The lowest BCUT2D eigenvalue weighted by Gasteiger charge is -2.30. The van der Waals surface area contributed by atoms with Crippen LogP contribution in [-0.4, -0.2) is 19.6 Å². The van der Waals surface area contributed by atoms with E-state index in [-0.39, 0.29) is 12.3 Å². The van der Waals surface area contributed by atoms with E-state index in [4.69, 9.17) is 9.47 Å².